The van der Waals surface area contributed by atoms with Crippen LogP contribution in [0, 0.1) is 10.1 Å². The number of fused-ring (bicyclic) bond motifs is 1. The number of aromatic nitrogens is 2. The van der Waals surface area contributed by atoms with Crippen molar-refractivity contribution in [3.05, 3.63) is 111 Å². The number of aryl methyl sites for hydroxylation is 1. The van der Waals surface area contributed by atoms with Gasteiger partial charge >= 0.3 is 11.2 Å². The van der Waals surface area contributed by atoms with Crippen molar-refractivity contribution in [1.82, 2.24) is 14.5 Å². The molecule has 8 nitrogen and oxygen atoms in total. The van der Waals surface area contributed by atoms with Crippen molar-refractivity contribution < 1.29 is 4.92 Å². The first kappa shape index (κ1) is 23.7. The van der Waals surface area contributed by atoms with Gasteiger partial charge in [0.25, 0.3) is 0 Å². The molecule has 36 heavy (non-hydrogen) atoms. The molecule has 0 aliphatic carbocycles. The van der Waals surface area contributed by atoms with Crippen molar-refractivity contribution >= 4 is 22.4 Å². The first-order valence-electron chi connectivity index (χ1n) is 12.3. The molecule has 1 aliphatic rings. The topological polar surface area (TPSA) is 84.5 Å². The van der Waals surface area contributed by atoms with Gasteiger partial charge in [0.05, 0.1) is 16.5 Å². The minimum atomic E-state index is -0.564. The molecule has 8 heteroatoms. The summed E-state index contributed by atoms with van der Waals surface area (Å²) in [5.74, 6) is 0. The fraction of sp³-hybridized carbons (Fsp3) is 0.286. The Kier molecular flexibility index (Phi) is 6.77. The Balaban J connectivity index is 1.52. The number of piperazine rings is 1. The van der Waals surface area contributed by atoms with Gasteiger partial charge in [-0.1, -0.05) is 67.6 Å². The fourth-order valence-electron chi connectivity index (χ4n) is 5.25. The van der Waals surface area contributed by atoms with Crippen LogP contribution in [0.5, 0.6) is 0 Å². The summed E-state index contributed by atoms with van der Waals surface area (Å²) in [6.45, 7) is 4.85. The molecule has 2 aromatic carbocycles. The highest BCUT2D eigenvalue weighted by Crippen LogP contribution is 2.35. The molecule has 0 saturated carbocycles. The van der Waals surface area contributed by atoms with Gasteiger partial charge in [0.2, 0.25) is 0 Å². The van der Waals surface area contributed by atoms with E-state index >= 15 is 0 Å². The van der Waals surface area contributed by atoms with Gasteiger partial charge in [0.15, 0.2) is 0 Å². The zero-order valence-corrected chi connectivity index (χ0v) is 20.3. The number of hydrogen-bond donors (Lipinski definition) is 0. The summed E-state index contributed by atoms with van der Waals surface area (Å²) in [7, 11) is 0. The fourth-order valence-corrected chi connectivity index (χ4v) is 5.25. The SMILES string of the molecule is CCCn1c(=O)c([N+](=O)[O-])c(N2CCN(C(c3ccccc3)c3ccccc3)CC2)c2ncccc21. The van der Waals surface area contributed by atoms with Crippen LogP contribution in [0.3, 0.4) is 0 Å². The molecule has 0 atom stereocenters. The Morgan fingerprint density at radius 3 is 2.08 bits per heavy atom. The van der Waals surface area contributed by atoms with Crippen LogP contribution in [-0.4, -0.2) is 45.6 Å². The quantitative estimate of drug-likeness (QED) is 0.282. The molecule has 5 rings (SSSR count). The molecule has 0 amide bonds. The molecule has 1 aliphatic heterocycles. The molecule has 1 fully saturated rings. The first-order chi connectivity index (χ1) is 17.6. The molecule has 184 valence electrons. The van der Waals surface area contributed by atoms with E-state index in [4.69, 9.17) is 0 Å². The summed E-state index contributed by atoms with van der Waals surface area (Å²) >= 11 is 0. The monoisotopic (exact) mass is 483 g/mol. The first-order valence-corrected chi connectivity index (χ1v) is 12.3. The minimum absolute atomic E-state index is 0.0805. The Bertz CT molecular complexity index is 1370. The number of anilines is 1. The van der Waals surface area contributed by atoms with E-state index in [1.807, 2.05) is 54.3 Å². The van der Waals surface area contributed by atoms with E-state index in [9.17, 15) is 14.9 Å². The van der Waals surface area contributed by atoms with E-state index in [-0.39, 0.29) is 11.7 Å². The summed E-state index contributed by atoms with van der Waals surface area (Å²) in [5, 5.41) is 12.2. The standard InChI is InChI=1S/C28H29N5O3/c1-2-16-32-23-14-9-15-29-24(23)26(27(28(32)34)33(35)36)31-19-17-30(18-20-31)25(21-10-5-3-6-11-21)22-12-7-4-8-13-22/h3-15,25H,2,16-20H2,1H3. The van der Waals surface area contributed by atoms with Crippen LogP contribution < -0.4 is 10.5 Å². The van der Waals surface area contributed by atoms with Crippen molar-refractivity contribution in [1.29, 1.82) is 0 Å². The summed E-state index contributed by atoms with van der Waals surface area (Å²) < 4.78 is 1.49. The number of pyridine rings is 2. The summed E-state index contributed by atoms with van der Waals surface area (Å²) in [6, 6.07) is 24.5. The third kappa shape index (κ3) is 4.35. The van der Waals surface area contributed by atoms with Crippen molar-refractivity contribution in [2.75, 3.05) is 31.1 Å². The van der Waals surface area contributed by atoms with Crippen molar-refractivity contribution in [3.63, 3.8) is 0 Å². The van der Waals surface area contributed by atoms with E-state index in [1.165, 1.54) is 15.7 Å². The molecule has 1 saturated heterocycles. The maximum atomic E-state index is 13.3. The molecule has 3 heterocycles. The van der Waals surface area contributed by atoms with Crippen LogP contribution in [0.15, 0.2) is 83.8 Å². The molecule has 0 N–H and O–H groups in total. The lowest BCUT2D eigenvalue weighted by atomic mass is 9.96. The van der Waals surface area contributed by atoms with Gasteiger partial charge in [-0.05, 0) is 29.7 Å². The highest BCUT2D eigenvalue weighted by Gasteiger charge is 2.33. The molecule has 0 spiro atoms. The highest BCUT2D eigenvalue weighted by atomic mass is 16.6. The average Bonchev–Trinajstić information content (AvgIpc) is 2.91. The molecule has 0 bridgehead atoms. The van der Waals surface area contributed by atoms with Crippen LogP contribution in [0.25, 0.3) is 11.0 Å². The molecular formula is C28H29N5O3. The largest absolute Gasteiger partial charge is 0.361 e. The second kappa shape index (κ2) is 10.3. The Morgan fingerprint density at radius 1 is 0.917 bits per heavy atom. The van der Waals surface area contributed by atoms with Gasteiger partial charge in [0, 0.05) is 38.9 Å². The summed E-state index contributed by atoms with van der Waals surface area (Å²) in [6.07, 6.45) is 2.33. The van der Waals surface area contributed by atoms with Crippen LogP contribution in [0.1, 0.15) is 30.5 Å². The molecular weight excluding hydrogens is 454 g/mol. The highest BCUT2D eigenvalue weighted by molar-refractivity contribution is 5.93. The Hall–Kier alpha value is -4.04. The third-order valence-corrected chi connectivity index (χ3v) is 6.83. The van der Waals surface area contributed by atoms with Gasteiger partial charge < -0.3 is 9.47 Å². The van der Waals surface area contributed by atoms with Crippen molar-refractivity contribution in [3.8, 4) is 0 Å². The zero-order chi connectivity index (χ0) is 25.1. The van der Waals surface area contributed by atoms with Crippen LogP contribution in [0.4, 0.5) is 11.4 Å². The summed E-state index contributed by atoms with van der Waals surface area (Å²) in [4.78, 5) is 33.8. The Labute approximate surface area is 209 Å². The predicted molar refractivity (Wildman–Crippen MR) is 141 cm³/mol. The Morgan fingerprint density at radius 2 is 1.53 bits per heavy atom. The van der Waals surface area contributed by atoms with Gasteiger partial charge in [-0.2, -0.15) is 0 Å². The van der Waals surface area contributed by atoms with E-state index in [2.05, 4.69) is 34.1 Å². The van der Waals surface area contributed by atoms with Crippen LogP contribution >= 0.6 is 0 Å². The number of benzene rings is 2. The maximum absolute atomic E-state index is 13.3. The van der Waals surface area contributed by atoms with Crippen molar-refractivity contribution in [2.45, 2.75) is 25.9 Å². The van der Waals surface area contributed by atoms with Crippen LogP contribution in [0.2, 0.25) is 0 Å². The van der Waals surface area contributed by atoms with Crippen molar-refractivity contribution in [2.24, 2.45) is 0 Å². The van der Waals surface area contributed by atoms with E-state index in [0.717, 1.165) is 0 Å². The average molecular weight is 484 g/mol. The molecule has 0 unspecified atom stereocenters. The number of hydrogen-bond acceptors (Lipinski definition) is 6. The number of nitrogens with zero attached hydrogens (tertiary/aromatic N) is 5. The zero-order valence-electron chi connectivity index (χ0n) is 20.3. The molecule has 4 aromatic rings. The predicted octanol–water partition coefficient (Wildman–Crippen LogP) is 4.63. The van der Waals surface area contributed by atoms with Gasteiger partial charge in [-0.3, -0.25) is 24.8 Å². The minimum Gasteiger partial charge on any atom is -0.361 e. The maximum Gasteiger partial charge on any atom is 0.359 e. The summed E-state index contributed by atoms with van der Waals surface area (Å²) in [5.41, 5.74) is 2.95. The molecule has 0 radical (unpaired) electrons. The lowest BCUT2D eigenvalue weighted by Crippen LogP contribution is -2.48. The second-order valence-electron chi connectivity index (χ2n) is 9.03. The number of rotatable bonds is 7. The normalized spacial score (nSPS) is 14.4. The lowest BCUT2D eigenvalue weighted by Gasteiger charge is -2.40. The second-order valence-corrected chi connectivity index (χ2v) is 9.03. The number of nitro groups is 1. The van der Waals surface area contributed by atoms with E-state index in [1.54, 1.807) is 12.3 Å². The van der Waals surface area contributed by atoms with Gasteiger partial charge in [-0.15, -0.1) is 0 Å². The lowest BCUT2D eigenvalue weighted by molar-refractivity contribution is -0.385. The van der Waals surface area contributed by atoms with Crippen LogP contribution in [-0.2, 0) is 6.54 Å². The molecule has 2 aromatic heterocycles. The van der Waals surface area contributed by atoms with Gasteiger partial charge in [-0.25, -0.2) is 0 Å². The van der Waals surface area contributed by atoms with Gasteiger partial charge in [0.1, 0.15) is 11.2 Å². The van der Waals surface area contributed by atoms with E-state index in [0.29, 0.717) is 55.9 Å². The van der Waals surface area contributed by atoms with E-state index < -0.39 is 10.5 Å². The smallest absolute Gasteiger partial charge is 0.359 e. The third-order valence-electron chi connectivity index (χ3n) is 6.83.